The number of sulfonamides is 1. The highest BCUT2D eigenvalue weighted by molar-refractivity contribution is 7.92. The van der Waals surface area contributed by atoms with E-state index in [1.807, 2.05) is 45.0 Å². The van der Waals surface area contributed by atoms with Crippen LogP contribution in [0.3, 0.4) is 0 Å². The number of hydrogen-bond acceptors (Lipinski definition) is 7. The van der Waals surface area contributed by atoms with Crippen molar-refractivity contribution in [3.63, 3.8) is 0 Å². The Morgan fingerprint density at radius 3 is 2.14 bits per heavy atom. The van der Waals surface area contributed by atoms with Gasteiger partial charge in [-0.05, 0) is 69.2 Å². The van der Waals surface area contributed by atoms with Gasteiger partial charge in [0.25, 0.3) is 10.0 Å². The molecule has 0 heterocycles. The third-order valence-corrected chi connectivity index (χ3v) is 8.62. The van der Waals surface area contributed by atoms with E-state index in [1.54, 1.807) is 31.2 Å². The van der Waals surface area contributed by atoms with Crippen molar-refractivity contribution >= 4 is 27.5 Å². The Bertz CT molecular complexity index is 1480. The summed E-state index contributed by atoms with van der Waals surface area (Å²) >= 11 is 0. The van der Waals surface area contributed by atoms with E-state index in [9.17, 15) is 18.0 Å². The molecule has 232 valence electrons. The molecular weight excluding hydrogens is 570 g/mol. The van der Waals surface area contributed by atoms with Crippen LogP contribution in [0.2, 0.25) is 0 Å². The minimum absolute atomic E-state index is 0.0920. The monoisotopic (exact) mass is 611 g/mol. The van der Waals surface area contributed by atoms with Gasteiger partial charge in [0.1, 0.15) is 18.3 Å². The lowest BCUT2D eigenvalue weighted by Crippen LogP contribution is -2.51. The summed E-state index contributed by atoms with van der Waals surface area (Å²) in [5, 5.41) is 2.84. The Kier molecular flexibility index (Phi) is 11.8. The van der Waals surface area contributed by atoms with Gasteiger partial charge in [0.05, 0.1) is 31.4 Å². The van der Waals surface area contributed by atoms with Crippen molar-refractivity contribution in [2.24, 2.45) is 0 Å². The molecule has 0 spiro atoms. The zero-order chi connectivity index (χ0) is 31.6. The summed E-state index contributed by atoms with van der Waals surface area (Å²) in [7, 11) is -1.43. The van der Waals surface area contributed by atoms with Crippen LogP contribution in [0.5, 0.6) is 17.2 Å². The first-order valence-corrected chi connectivity index (χ1v) is 15.6. The average Bonchev–Trinajstić information content (AvgIpc) is 3.01. The molecule has 0 bridgehead atoms. The second-order valence-electron chi connectivity index (χ2n) is 9.93. The maximum absolute atomic E-state index is 14.2. The highest BCUT2D eigenvalue weighted by Gasteiger charge is 2.33. The van der Waals surface area contributed by atoms with Crippen molar-refractivity contribution in [3.05, 3.63) is 77.9 Å². The van der Waals surface area contributed by atoms with Gasteiger partial charge in [-0.2, -0.15) is 0 Å². The van der Waals surface area contributed by atoms with Crippen molar-refractivity contribution in [2.45, 2.75) is 51.6 Å². The minimum atomic E-state index is -4.30. The van der Waals surface area contributed by atoms with Gasteiger partial charge in [-0.15, -0.1) is 0 Å². The number of carbonyl (C=O) groups is 2. The Labute approximate surface area is 254 Å². The van der Waals surface area contributed by atoms with E-state index >= 15 is 0 Å². The summed E-state index contributed by atoms with van der Waals surface area (Å²) in [6, 6.07) is 17.5. The predicted molar refractivity (Wildman–Crippen MR) is 166 cm³/mol. The molecule has 0 saturated carbocycles. The number of rotatable bonds is 15. The number of ether oxygens (including phenoxy) is 3. The molecule has 0 fully saturated rings. The van der Waals surface area contributed by atoms with E-state index in [0.29, 0.717) is 24.7 Å². The van der Waals surface area contributed by atoms with Crippen molar-refractivity contribution < 1.29 is 32.2 Å². The topological polar surface area (TPSA) is 114 Å². The van der Waals surface area contributed by atoms with Crippen LogP contribution in [0.15, 0.2) is 71.6 Å². The number of anilines is 1. The first kappa shape index (κ1) is 33.3. The smallest absolute Gasteiger partial charge is 0.264 e. The van der Waals surface area contributed by atoms with E-state index in [1.165, 1.54) is 37.3 Å². The summed E-state index contributed by atoms with van der Waals surface area (Å²) in [6.07, 6.45) is 0.736. The lowest BCUT2D eigenvalue weighted by atomic mass is 10.1. The largest absolute Gasteiger partial charge is 0.494 e. The lowest BCUT2D eigenvalue weighted by molar-refractivity contribution is -0.139. The Morgan fingerprint density at radius 1 is 0.907 bits per heavy atom. The number of amides is 2. The SMILES string of the molecule is CCCNC(=O)[C@@H](C)N(Cc1ccc(C)cc1)C(=O)CN(c1ccc(OCC)cc1)S(=O)(=O)c1ccc(OC)c(OC)c1. The first-order chi connectivity index (χ1) is 20.5. The third-order valence-electron chi connectivity index (χ3n) is 6.85. The third kappa shape index (κ3) is 8.41. The highest BCUT2D eigenvalue weighted by atomic mass is 32.2. The Hall–Kier alpha value is -4.25. The molecule has 0 unspecified atom stereocenters. The number of hydrogen-bond donors (Lipinski definition) is 1. The fraction of sp³-hybridized carbons (Fsp3) is 0.375. The number of aryl methyl sites for hydroxylation is 1. The van der Waals surface area contributed by atoms with Crippen LogP contribution >= 0.6 is 0 Å². The average molecular weight is 612 g/mol. The van der Waals surface area contributed by atoms with Crippen molar-refractivity contribution in [1.82, 2.24) is 10.2 Å². The maximum atomic E-state index is 14.2. The molecule has 0 aliphatic heterocycles. The fourth-order valence-electron chi connectivity index (χ4n) is 4.38. The molecule has 0 aliphatic rings. The van der Waals surface area contributed by atoms with Crippen LogP contribution in [0.1, 0.15) is 38.3 Å². The molecule has 1 atom stereocenters. The predicted octanol–water partition coefficient (Wildman–Crippen LogP) is 4.55. The van der Waals surface area contributed by atoms with Crippen LogP contribution in [-0.4, -0.2) is 65.1 Å². The molecule has 0 radical (unpaired) electrons. The summed E-state index contributed by atoms with van der Waals surface area (Å²) in [5.41, 5.74) is 2.12. The van der Waals surface area contributed by atoms with E-state index in [4.69, 9.17) is 14.2 Å². The summed E-state index contributed by atoms with van der Waals surface area (Å²) in [6.45, 7) is 7.85. The zero-order valence-electron chi connectivity index (χ0n) is 25.6. The van der Waals surface area contributed by atoms with Crippen molar-refractivity contribution in [2.75, 3.05) is 38.2 Å². The van der Waals surface area contributed by atoms with Crippen molar-refractivity contribution in [3.8, 4) is 17.2 Å². The molecule has 2 amide bonds. The highest BCUT2D eigenvalue weighted by Crippen LogP contribution is 2.33. The molecule has 1 N–H and O–H groups in total. The zero-order valence-corrected chi connectivity index (χ0v) is 26.4. The maximum Gasteiger partial charge on any atom is 0.264 e. The normalized spacial score (nSPS) is 11.8. The van der Waals surface area contributed by atoms with Crippen LogP contribution in [0.4, 0.5) is 5.69 Å². The second kappa shape index (κ2) is 15.3. The molecule has 43 heavy (non-hydrogen) atoms. The molecule has 0 saturated heterocycles. The molecule has 0 aliphatic carbocycles. The fourth-order valence-corrected chi connectivity index (χ4v) is 5.81. The molecule has 0 aromatic heterocycles. The van der Waals surface area contributed by atoms with Gasteiger partial charge in [-0.25, -0.2) is 8.42 Å². The van der Waals surface area contributed by atoms with Gasteiger partial charge in [0.15, 0.2) is 11.5 Å². The van der Waals surface area contributed by atoms with E-state index in [0.717, 1.165) is 21.9 Å². The van der Waals surface area contributed by atoms with Gasteiger partial charge >= 0.3 is 0 Å². The molecule has 10 nitrogen and oxygen atoms in total. The minimum Gasteiger partial charge on any atom is -0.494 e. The number of nitrogens with one attached hydrogen (secondary N) is 1. The standard InChI is InChI=1S/C32H41N3O7S/c1-7-19-33-32(37)24(4)34(21-25-11-9-23(3)10-12-25)31(36)22-35(26-13-15-27(16-14-26)42-8-2)43(38,39)28-17-18-29(40-5)30(20-28)41-6/h9-18,20,24H,7-8,19,21-22H2,1-6H3,(H,33,37)/t24-/m1/s1. The Morgan fingerprint density at radius 2 is 1.56 bits per heavy atom. The number of nitrogens with zero attached hydrogens (tertiary/aromatic N) is 2. The molecular formula is C32H41N3O7S. The Balaban J connectivity index is 2.07. The molecule has 3 aromatic rings. The van der Waals surface area contributed by atoms with Crippen LogP contribution < -0.4 is 23.8 Å². The van der Waals surface area contributed by atoms with Gasteiger partial charge in [0.2, 0.25) is 11.8 Å². The first-order valence-electron chi connectivity index (χ1n) is 14.2. The molecule has 11 heteroatoms. The van der Waals surface area contributed by atoms with E-state index < -0.39 is 28.5 Å². The second-order valence-corrected chi connectivity index (χ2v) is 11.8. The van der Waals surface area contributed by atoms with Gasteiger partial charge < -0.3 is 24.4 Å². The summed E-state index contributed by atoms with van der Waals surface area (Å²) in [4.78, 5) is 28.4. The number of benzene rings is 3. The van der Waals surface area contributed by atoms with Crippen LogP contribution in [-0.2, 0) is 26.2 Å². The van der Waals surface area contributed by atoms with Gasteiger partial charge in [-0.3, -0.25) is 13.9 Å². The van der Waals surface area contributed by atoms with Gasteiger partial charge in [-0.1, -0.05) is 36.8 Å². The quantitative estimate of drug-likeness (QED) is 0.268. The van der Waals surface area contributed by atoms with Crippen LogP contribution in [0.25, 0.3) is 0 Å². The van der Waals surface area contributed by atoms with E-state index in [2.05, 4.69) is 5.32 Å². The number of carbonyl (C=O) groups excluding carboxylic acids is 2. The lowest BCUT2D eigenvalue weighted by Gasteiger charge is -2.32. The molecule has 3 rings (SSSR count). The van der Waals surface area contributed by atoms with Gasteiger partial charge in [0, 0.05) is 19.2 Å². The summed E-state index contributed by atoms with van der Waals surface area (Å²) in [5.74, 6) is 0.281. The summed E-state index contributed by atoms with van der Waals surface area (Å²) < 4.78 is 45.5. The van der Waals surface area contributed by atoms with Crippen LogP contribution in [0, 0.1) is 6.92 Å². The molecule has 3 aromatic carbocycles. The number of methoxy groups -OCH3 is 2. The van der Waals surface area contributed by atoms with E-state index in [-0.39, 0.29) is 28.8 Å². The van der Waals surface area contributed by atoms with Crippen molar-refractivity contribution in [1.29, 1.82) is 0 Å².